The number of carbonyl (C=O) groups excluding carboxylic acids is 1. The molecule has 2 aliphatic rings. The summed E-state index contributed by atoms with van der Waals surface area (Å²) >= 11 is 0. The summed E-state index contributed by atoms with van der Waals surface area (Å²) in [5.41, 5.74) is 2.97. The lowest BCUT2D eigenvalue weighted by Gasteiger charge is -2.35. The first-order valence-electron chi connectivity index (χ1n) is 9.85. The maximum atomic E-state index is 12.4. The molecular weight excluding hydrogens is 392 g/mol. The van der Waals surface area contributed by atoms with Crippen LogP contribution in [0.3, 0.4) is 0 Å². The second-order valence-corrected chi connectivity index (χ2v) is 9.91. The smallest absolute Gasteiger partial charge is 0.246 e. The van der Waals surface area contributed by atoms with Crippen molar-refractivity contribution in [1.82, 2.24) is 14.7 Å². The number of anilines is 1. The summed E-state index contributed by atoms with van der Waals surface area (Å²) in [5, 5.41) is 4.65. The van der Waals surface area contributed by atoms with Crippen molar-refractivity contribution in [2.45, 2.75) is 26.3 Å². The van der Waals surface area contributed by atoms with E-state index in [1.807, 2.05) is 23.4 Å². The van der Waals surface area contributed by atoms with Gasteiger partial charge in [-0.3, -0.25) is 9.48 Å². The number of aryl methyl sites for hydroxylation is 1. The van der Waals surface area contributed by atoms with Crippen LogP contribution in [0.2, 0.25) is 0 Å². The van der Waals surface area contributed by atoms with Crippen LogP contribution < -0.4 is 4.90 Å². The predicted molar refractivity (Wildman–Crippen MR) is 111 cm³/mol. The number of rotatable bonds is 4. The van der Waals surface area contributed by atoms with Gasteiger partial charge in [-0.15, -0.1) is 0 Å². The molecule has 0 N–H and O–H groups in total. The van der Waals surface area contributed by atoms with Crippen LogP contribution in [0, 0.1) is 13.8 Å². The second-order valence-electron chi connectivity index (χ2n) is 7.68. The SMILES string of the molecule is Cc1nn([C@@H]2CCS(=O)(=O)C2)c(C)c1N1CCN(C(=O)/C=C/c2ccco2)CC1. The normalized spacial score (nSPS) is 21.9. The van der Waals surface area contributed by atoms with E-state index in [0.29, 0.717) is 25.3 Å². The zero-order chi connectivity index (χ0) is 20.6. The van der Waals surface area contributed by atoms with Gasteiger partial charge in [0.2, 0.25) is 5.91 Å². The summed E-state index contributed by atoms with van der Waals surface area (Å²) < 4.78 is 30.8. The molecule has 4 heterocycles. The lowest BCUT2D eigenvalue weighted by molar-refractivity contribution is -0.126. The van der Waals surface area contributed by atoms with Crippen molar-refractivity contribution >= 4 is 27.5 Å². The molecule has 0 bridgehead atoms. The van der Waals surface area contributed by atoms with Crippen LogP contribution >= 0.6 is 0 Å². The van der Waals surface area contributed by atoms with Gasteiger partial charge in [0.25, 0.3) is 0 Å². The molecule has 0 radical (unpaired) electrons. The van der Waals surface area contributed by atoms with E-state index in [0.717, 1.165) is 30.2 Å². The first-order chi connectivity index (χ1) is 13.8. The molecule has 0 saturated carbocycles. The Morgan fingerprint density at radius 2 is 2.00 bits per heavy atom. The number of aromatic nitrogens is 2. The van der Waals surface area contributed by atoms with Crippen molar-refractivity contribution in [2.24, 2.45) is 0 Å². The first-order valence-corrected chi connectivity index (χ1v) is 11.7. The van der Waals surface area contributed by atoms with Gasteiger partial charge in [-0.1, -0.05) is 0 Å². The molecule has 2 aromatic heterocycles. The number of amides is 1. The van der Waals surface area contributed by atoms with Crippen LogP contribution in [0.5, 0.6) is 0 Å². The number of hydrogen-bond acceptors (Lipinski definition) is 6. The number of carbonyl (C=O) groups is 1. The Morgan fingerprint density at radius 3 is 2.62 bits per heavy atom. The van der Waals surface area contributed by atoms with E-state index in [1.165, 1.54) is 0 Å². The lowest BCUT2D eigenvalue weighted by Crippen LogP contribution is -2.48. The van der Waals surface area contributed by atoms with Crippen LogP contribution in [0.1, 0.15) is 29.6 Å². The van der Waals surface area contributed by atoms with Crippen LogP contribution in [0.4, 0.5) is 5.69 Å². The molecule has 0 unspecified atom stereocenters. The van der Waals surface area contributed by atoms with Crippen LogP contribution in [-0.4, -0.2) is 66.7 Å². The predicted octanol–water partition coefficient (Wildman–Crippen LogP) is 1.81. The Morgan fingerprint density at radius 1 is 1.24 bits per heavy atom. The van der Waals surface area contributed by atoms with Crippen LogP contribution in [0.25, 0.3) is 6.08 Å². The summed E-state index contributed by atoms with van der Waals surface area (Å²) in [6, 6.07) is 3.51. The number of furan rings is 1. The van der Waals surface area contributed by atoms with Gasteiger partial charge in [-0.25, -0.2) is 8.42 Å². The molecular formula is C20H26N4O4S. The molecule has 0 spiro atoms. The molecule has 4 rings (SSSR count). The highest BCUT2D eigenvalue weighted by Gasteiger charge is 2.32. The highest BCUT2D eigenvalue weighted by Crippen LogP contribution is 2.31. The largest absolute Gasteiger partial charge is 0.465 e. The van der Waals surface area contributed by atoms with E-state index in [4.69, 9.17) is 4.42 Å². The fourth-order valence-electron chi connectivity index (χ4n) is 4.23. The summed E-state index contributed by atoms with van der Waals surface area (Å²) in [7, 11) is -2.96. The Bertz CT molecular complexity index is 1020. The summed E-state index contributed by atoms with van der Waals surface area (Å²) in [4.78, 5) is 16.5. The average Bonchev–Trinajstić information content (AvgIpc) is 3.40. The van der Waals surface area contributed by atoms with E-state index in [2.05, 4.69) is 10.00 Å². The molecule has 9 heteroatoms. The number of sulfone groups is 1. The van der Waals surface area contributed by atoms with Gasteiger partial charge in [-0.2, -0.15) is 5.10 Å². The second kappa shape index (κ2) is 7.70. The van der Waals surface area contributed by atoms with Crippen molar-refractivity contribution in [3.05, 3.63) is 41.6 Å². The van der Waals surface area contributed by atoms with E-state index in [-0.39, 0.29) is 23.5 Å². The van der Waals surface area contributed by atoms with Crippen molar-refractivity contribution in [3.8, 4) is 0 Å². The highest BCUT2D eigenvalue weighted by molar-refractivity contribution is 7.91. The third-order valence-corrected chi connectivity index (χ3v) is 7.43. The first kappa shape index (κ1) is 19.8. The van der Waals surface area contributed by atoms with Gasteiger partial charge < -0.3 is 14.2 Å². The van der Waals surface area contributed by atoms with Gasteiger partial charge in [0.05, 0.1) is 40.9 Å². The summed E-state index contributed by atoms with van der Waals surface area (Å²) in [6.07, 6.45) is 5.43. The summed E-state index contributed by atoms with van der Waals surface area (Å²) in [6.45, 7) is 6.66. The van der Waals surface area contributed by atoms with E-state index >= 15 is 0 Å². The van der Waals surface area contributed by atoms with Gasteiger partial charge in [0.15, 0.2) is 9.84 Å². The van der Waals surface area contributed by atoms with Crippen molar-refractivity contribution < 1.29 is 17.6 Å². The topological polar surface area (TPSA) is 88.7 Å². The van der Waals surface area contributed by atoms with Gasteiger partial charge in [0, 0.05) is 32.3 Å². The van der Waals surface area contributed by atoms with Gasteiger partial charge >= 0.3 is 0 Å². The van der Waals surface area contributed by atoms with Crippen LogP contribution in [0.15, 0.2) is 28.9 Å². The zero-order valence-electron chi connectivity index (χ0n) is 16.7. The molecule has 0 aliphatic carbocycles. The molecule has 1 atom stereocenters. The molecule has 2 fully saturated rings. The third kappa shape index (κ3) is 4.10. The van der Waals surface area contributed by atoms with Crippen LogP contribution in [-0.2, 0) is 14.6 Å². The Labute approximate surface area is 170 Å². The molecule has 8 nitrogen and oxygen atoms in total. The number of piperazine rings is 1. The third-order valence-electron chi connectivity index (χ3n) is 5.68. The zero-order valence-corrected chi connectivity index (χ0v) is 17.6. The van der Waals surface area contributed by atoms with Crippen molar-refractivity contribution in [1.29, 1.82) is 0 Å². The maximum absolute atomic E-state index is 12.4. The van der Waals surface area contributed by atoms with Gasteiger partial charge in [0.1, 0.15) is 5.76 Å². The molecule has 2 aromatic rings. The number of hydrogen-bond donors (Lipinski definition) is 0. The molecule has 1 amide bonds. The molecule has 2 aliphatic heterocycles. The minimum atomic E-state index is -2.96. The maximum Gasteiger partial charge on any atom is 0.246 e. The fourth-order valence-corrected chi connectivity index (χ4v) is 5.92. The van der Waals surface area contributed by atoms with Crippen molar-refractivity contribution in [3.63, 3.8) is 0 Å². The molecule has 29 heavy (non-hydrogen) atoms. The fraction of sp³-hybridized carbons (Fsp3) is 0.500. The molecule has 2 saturated heterocycles. The minimum absolute atomic E-state index is 0.0265. The van der Waals surface area contributed by atoms with E-state index < -0.39 is 9.84 Å². The minimum Gasteiger partial charge on any atom is -0.465 e. The highest BCUT2D eigenvalue weighted by atomic mass is 32.2. The summed E-state index contributed by atoms with van der Waals surface area (Å²) in [5.74, 6) is 1.03. The van der Waals surface area contributed by atoms with E-state index in [1.54, 1.807) is 30.5 Å². The van der Waals surface area contributed by atoms with Gasteiger partial charge in [-0.05, 0) is 38.5 Å². The Balaban J connectivity index is 1.42. The van der Waals surface area contributed by atoms with E-state index in [9.17, 15) is 13.2 Å². The average molecular weight is 419 g/mol. The Hall–Kier alpha value is -2.55. The standard InChI is InChI=1S/C20H26N4O4S/c1-15-20(16(2)24(21-15)17-7-13-29(26,27)14-17)23-10-8-22(9-11-23)19(25)6-5-18-4-3-12-28-18/h3-6,12,17H,7-11,13-14H2,1-2H3/b6-5+/t17-/m1/s1. The van der Waals surface area contributed by atoms with Crippen molar-refractivity contribution in [2.75, 3.05) is 42.6 Å². The lowest BCUT2D eigenvalue weighted by atomic mass is 10.2. The monoisotopic (exact) mass is 418 g/mol. The molecule has 0 aromatic carbocycles. The Kier molecular flexibility index (Phi) is 5.24. The quantitative estimate of drug-likeness (QED) is 0.704. The number of nitrogens with zero attached hydrogens (tertiary/aromatic N) is 4. The molecule has 156 valence electrons.